The Morgan fingerprint density at radius 2 is 2.22 bits per heavy atom. The summed E-state index contributed by atoms with van der Waals surface area (Å²) >= 11 is 0. The minimum absolute atomic E-state index is 0.0265. The lowest BCUT2D eigenvalue weighted by atomic mass is 10.1. The van der Waals surface area contributed by atoms with Gasteiger partial charge in [-0.2, -0.15) is 0 Å². The highest BCUT2D eigenvalue weighted by Gasteiger charge is 2.18. The average molecular weight is 252 g/mol. The predicted molar refractivity (Wildman–Crippen MR) is 66.9 cm³/mol. The van der Waals surface area contributed by atoms with Crippen molar-refractivity contribution in [2.45, 2.75) is 26.3 Å². The summed E-state index contributed by atoms with van der Waals surface area (Å²) < 4.78 is 4.87. The van der Waals surface area contributed by atoms with E-state index in [1.807, 2.05) is 13.8 Å². The Balaban J connectivity index is 3.01. The van der Waals surface area contributed by atoms with Crippen molar-refractivity contribution in [2.24, 2.45) is 0 Å². The molecule has 6 heteroatoms. The van der Waals surface area contributed by atoms with Crippen molar-refractivity contribution < 1.29 is 14.5 Å². The number of nitro benzene ring substituents is 1. The van der Waals surface area contributed by atoms with Gasteiger partial charge in [0.25, 0.3) is 5.91 Å². The molecule has 0 spiro atoms. The molecule has 0 bridgehead atoms. The van der Waals surface area contributed by atoms with Crippen LogP contribution in [0.25, 0.3) is 0 Å². The summed E-state index contributed by atoms with van der Waals surface area (Å²) in [6.07, 6.45) is 0.796. The van der Waals surface area contributed by atoms with Crippen molar-refractivity contribution in [3.63, 3.8) is 0 Å². The highest BCUT2D eigenvalue weighted by atomic mass is 16.6. The van der Waals surface area contributed by atoms with E-state index in [2.05, 4.69) is 5.32 Å². The number of amides is 1. The number of nitrogens with zero attached hydrogens (tertiary/aromatic N) is 1. The van der Waals surface area contributed by atoms with Gasteiger partial charge in [-0.05, 0) is 25.5 Å². The van der Waals surface area contributed by atoms with Gasteiger partial charge in [0.1, 0.15) is 0 Å². The molecule has 6 nitrogen and oxygen atoms in total. The molecule has 0 radical (unpaired) electrons. The first-order chi connectivity index (χ1) is 8.49. The fourth-order valence-electron chi connectivity index (χ4n) is 1.38. The first-order valence-corrected chi connectivity index (χ1v) is 5.62. The fraction of sp³-hybridized carbons (Fsp3) is 0.417. The molecule has 0 saturated heterocycles. The molecule has 1 amide bonds. The number of benzene rings is 1. The van der Waals surface area contributed by atoms with Crippen LogP contribution in [0.4, 0.5) is 5.69 Å². The highest BCUT2D eigenvalue weighted by molar-refractivity contribution is 5.95. The lowest BCUT2D eigenvalue weighted by Crippen LogP contribution is -2.31. The van der Waals surface area contributed by atoms with E-state index in [0.717, 1.165) is 6.42 Å². The van der Waals surface area contributed by atoms with Gasteiger partial charge < -0.3 is 10.1 Å². The van der Waals surface area contributed by atoms with Crippen LogP contribution in [0.3, 0.4) is 0 Å². The van der Waals surface area contributed by atoms with E-state index >= 15 is 0 Å². The molecule has 1 unspecified atom stereocenters. The number of nitro groups is 1. The lowest BCUT2D eigenvalue weighted by Gasteiger charge is -2.11. The van der Waals surface area contributed by atoms with Gasteiger partial charge in [-0.15, -0.1) is 0 Å². The maximum Gasteiger partial charge on any atom is 0.311 e. The summed E-state index contributed by atoms with van der Waals surface area (Å²) in [5.41, 5.74) is 0.0390. The second kappa shape index (κ2) is 6.00. The molecular weight excluding hydrogens is 236 g/mol. The topological polar surface area (TPSA) is 81.5 Å². The monoisotopic (exact) mass is 252 g/mol. The van der Waals surface area contributed by atoms with Gasteiger partial charge in [0, 0.05) is 17.7 Å². The van der Waals surface area contributed by atoms with Crippen LogP contribution in [0.15, 0.2) is 18.2 Å². The van der Waals surface area contributed by atoms with Crippen LogP contribution in [0.2, 0.25) is 0 Å². The number of rotatable bonds is 5. The number of methoxy groups -OCH3 is 1. The van der Waals surface area contributed by atoms with E-state index in [-0.39, 0.29) is 28.9 Å². The Hall–Kier alpha value is -2.11. The number of carbonyl (C=O) groups excluding carboxylic acids is 1. The van der Waals surface area contributed by atoms with Crippen LogP contribution in [-0.4, -0.2) is 24.0 Å². The third kappa shape index (κ3) is 3.19. The highest BCUT2D eigenvalue weighted by Crippen LogP contribution is 2.27. The fourth-order valence-corrected chi connectivity index (χ4v) is 1.38. The Morgan fingerprint density at radius 3 is 2.72 bits per heavy atom. The number of carbonyl (C=O) groups is 1. The molecule has 1 rings (SSSR count). The SMILES string of the molecule is CCC(C)NC(=O)c1ccc(OC)c([N+](=O)[O-])c1. The average Bonchev–Trinajstić information content (AvgIpc) is 2.37. The molecule has 18 heavy (non-hydrogen) atoms. The molecule has 0 aliphatic heterocycles. The molecule has 1 aromatic carbocycles. The minimum atomic E-state index is -0.571. The van der Waals surface area contributed by atoms with E-state index < -0.39 is 4.92 Å². The second-order valence-electron chi connectivity index (χ2n) is 3.93. The molecule has 0 aliphatic rings. The van der Waals surface area contributed by atoms with Crippen LogP contribution < -0.4 is 10.1 Å². The van der Waals surface area contributed by atoms with Gasteiger partial charge in [0.05, 0.1) is 12.0 Å². The van der Waals surface area contributed by atoms with E-state index in [1.165, 1.54) is 25.3 Å². The van der Waals surface area contributed by atoms with Crippen LogP contribution in [0, 0.1) is 10.1 Å². The van der Waals surface area contributed by atoms with E-state index in [9.17, 15) is 14.9 Å². The van der Waals surface area contributed by atoms with Gasteiger partial charge in [-0.25, -0.2) is 0 Å². The Morgan fingerprint density at radius 1 is 1.56 bits per heavy atom. The van der Waals surface area contributed by atoms with Crippen molar-refractivity contribution >= 4 is 11.6 Å². The quantitative estimate of drug-likeness (QED) is 0.643. The zero-order valence-corrected chi connectivity index (χ0v) is 10.6. The number of nitrogens with one attached hydrogen (secondary N) is 1. The molecule has 0 aromatic heterocycles. The number of hydrogen-bond donors (Lipinski definition) is 1. The molecule has 0 heterocycles. The zero-order chi connectivity index (χ0) is 13.7. The Bertz CT molecular complexity index is 459. The molecular formula is C12H16N2O4. The largest absolute Gasteiger partial charge is 0.490 e. The number of ether oxygens (including phenoxy) is 1. The van der Waals surface area contributed by atoms with Gasteiger partial charge >= 0.3 is 5.69 Å². The molecule has 0 aliphatic carbocycles. The summed E-state index contributed by atoms with van der Waals surface area (Å²) in [4.78, 5) is 22.1. The third-order valence-corrected chi connectivity index (χ3v) is 2.63. The predicted octanol–water partition coefficient (Wildman–Crippen LogP) is 2.13. The summed E-state index contributed by atoms with van der Waals surface area (Å²) in [5.74, 6) is -0.185. The van der Waals surface area contributed by atoms with Crippen LogP contribution >= 0.6 is 0 Å². The molecule has 1 aromatic rings. The van der Waals surface area contributed by atoms with E-state index in [1.54, 1.807) is 0 Å². The third-order valence-electron chi connectivity index (χ3n) is 2.63. The standard InChI is InChI=1S/C12H16N2O4/c1-4-8(2)13-12(15)9-5-6-11(18-3)10(7-9)14(16)17/h5-8H,4H2,1-3H3,(H,13,15). The Kier molecular flexibility index (Phi) is 4.65. The van der Waals surface area contributed by atoms with Crippen LogP contribution in [-0.2, 0) is 0 Å². The second-order valence-corrected chi connectivity index (χ2v) is 3.93. The molecule has 98 valence electrons. The summed E-state index contributed by atoms with van der Waals surface area (Å²) in [6.45, 7) is 3.82. The summed E-state index contributed by atoms with van der Waals surface area (Å²) in [5, 5.41) is 13.6. The first kappa shape index (κ1) is 14.0. The molecule has 1 atom stereocenters. The van der Waals surface area contributed by atoms with E-state index in [0.29, 0.717) is 0 Å². The first-order valence-electron chi connectivity index (χ1n) is 5.62. The normalized spacial score (nSPS) is 11.7. The van der Waals surface area contributed by atoms with Crippen molar-refractivity contribution in [1.29, 1.82) is 0 Å². The molecule has 1 N–H and O–H groups in total. The Labute approximate surface area is 105 Å². The van der Waals surface area contributed by atoms with E-state index in [4.69, 9.17) is 4.74 Å². The maximum atomic E-state index is 11.8. The van der Waals surface area contributed by atoms with Gasteiger partial charge in [0.15, 0.2) is 5.75 Å². The lowest BCUT2D eigenvalue weighted by molar-refractivity contribution is -0.385. The molecule has 0 fully saturated rings. The van der Waals surface area contributed by atoms with Crippen molar-refractivity contribution in [2.75, 3.05) is 7.11 Å². The van der Waals surface area contributed by atoms with Gasteiger partial charge in [-0.1, -0.05) is 6.92 Å². The van der Waals surface area contributed by atoms with Crippen LogP contribution in [0.5, 0.6) is 5.75 Å². The molecule has 0 saturated carbocycles. The van der Waals surface area contributed by atoms with Gasteiger partial charge in [-0.3, -0.25) is 14.9 Å². The maximum absolute atomic E-state index is 11.8. The van der Waals surface area contributed by atoms with Crippen molar-refractivity contribution in [3.05, 3.63) is 33.9 Å². The smallest absolute Gasteiger partial charge is 0.311 e. The van der Waals surface area contributed by atoms with Crippen LogP contribution in [0.1, 0.15) is 30.6 Å². The van der Waals surface area contributed by atoms with Gasteiger partial charge in [0.2, 0.25) is 0 Å². The van der Waals surface area contributed by atoms with Crippen molar-refractivity contribution in [1.82, 2.24) is 5.32 Å². The zero-order valence-electron chi connectivity index (χ0n) is 10.6. The summed E-state index contributed by atoms with van der Waals surface area (Å²) in [7, 11) is 1.35. The number of hydrogen-bond acceptors (Lipinski definition) is 4. The summed E-state index contributed by atoms with van der Waals surface area (Å²) in [6, 6.07) is 4.17. The van der Waals surface area contributed by atoms with Crippen molar-refractivity contribution in [3.8, 4) is 5.75 Å². The minimum Gasteiger partial charge on any atom is -0.490 e.